The minimum Gasteiger partial charge on any atom is -0.352 e. The molecule has 2 amide bonds. The normalized spacial score (nSPS) is 10.8. The molecular formula is C26H25ClN4O2. The molecule has 0 bridgehead atoms. The topological polar surface area (TPSA) is 76.0 Å². The number of aromatic nitrogens is 2. The van der Waals surface area contributed by atoms with E-state index in [9.17, 15) is 9.59 Å². The van der Waals surface area contributed by atoms with Crippen LogP contribution in [0, 0.1) is 0 Å². The third-order valence-corrected chi connectivity index (χ3v) is 5.62. The van der Waals surface area contributed by atoms with Crippen molar-refractivity contribution >= 4 is 40.4 Å². The van der Waals surface area contributed by atoms with Gasteiger partial charge in [-0.15, -0.1) is 0 Å². The predicted octanol–water partition coefficient (Wildman–Crippen LogP) is 5.21. The fraction of sp³-hybridized carbons (Fsp3) is 0.192. The van der Waals surface area contributed by atoms with Crippen molar-refractivity contribution in [3.8, 4) is 0 Å². The van der Waals surface area contributed by atoms with Crippen LogP contribution in [0.3, 0.4) is 0 Å². The molecule has 0 aliphatic heterocycles. The standard InChI is InChI=1S/C26H25ClN4O2/c1-18(32)28-17-20-9-11-21(12-10-20)25(33)30-26-29-23-16-22(27)13-14-24(23)31(26)15-5-8-19-6-3-2-4-7-19/h2-4,6-7,9-14,16H,5,8,15,17H2,1H3,(H,28,32)(H,29,30,33). The number of hydrogen-bond acceptors (Lipinski definition) is 3. The van der Waals surface area contributed by atoms with Gasteiger partial charge in [-0.25, -0.2) is 4.98 Å². The van der Waals surface area contributed by atoms with E-state index in [4.69, 9.17) is 11.6 Å². The van der Waals surface area contributed by atoms with Crippen molar-refractivity contribution < 1.29 is 9.59 Å². The van der Waals surface area contributed by atoms with Gasteiger partial charge in [-0.05, 0) is 54.3 Å². The second-order valence-corrected chi connectivity index (χ2v) is 8.31. The summed E-state index contributed by atoms with van der Waals surface area (Å²) < 4.78 is 2.03. The average molecular weight is 461 g/mol. The Morgan fingerprint density at radius 1 is 0.970 bits per heavy atom. The Balaban J connectivity index is 1.51. The van der Waals surface area contributed by atoms with Gasteiger partial charge in [0.1, 0.15) is 0 Å². The Labute approximate surface area is 197 Å². The zero-order chi connectivity index (χ0) is 23.2. The largest absolute Gasteiger partial charge is 0.352 e. The zero-order valence-electron chi connectivity index (χ0n) is 18.3. The summed E-state index contributed by atoms with van der Waals surface area (Å²) in [5.41, 5.74) is 4.37. The van der Waals surface area contributed by atoms with Crippen LogP contribution in [0.15, 0.2) is 72.8 Å². The summed E-state index contributed by atoms with van der Waals surface area (Å²) in [4.78, 5) is 28.6. The van der Waals surface area contributed by atoms with Crippen LogP contribution in [-0.2, 0) is 24.3 Å². The van der Waals surface area contributed by atoms with Crippen LogP contribution in [0.25, 0.3) is 11.0 Å². The number of nitrogens with zero attached hydrogens (tertiary/aromatic N) is 2. The second-order valence-electron chi connectivity index (χ2n) is 7.87. The Morgan fingerprint density at radius 2 is 1.73 bits per heavy atom. The van der Waals surface area contributed by atoms with Crippen LogP contribution in [0.2, 0.25) is 5.02 Å². The molecule has 0 radical (unpaired) electrons. The number of benzene rings is 3. The van der Waals surface area contributed by atoms with E-state index in [0.717, 1.165) is 29.4 Å². The second kappa shape index (κ2) is 10.3. The zero-order valence-corrected chi connectivity index (χ0v) is 19.1. The van der Waals surface area contributed by atoms with Crippen molar-refractivity contribution in [3.05, 3.63) is 94.5 Å². The molecule has 0 atom stereocenters. The van der Waals surface area contributed by atoms with Crippen molar-refractivity contribution in [2.75, 3.05) is 5.32 Å². The van der Waals surface area contributed by atoms with Gasteiger partial charge >= 0.3 is 0 Å². The molecule has 7 heteroatoms. The molecule has 0 aliphatic rings. The van der Waals surface area contributed by atoms with Crippen LogP contribution >= 0.6 is 11.6 Å². The SMILES string of the molecule is CC(=O)NCc1ccc(C(=O)Nc2nc3cc(Cl)ccc3n2CCCc2ccccc2)cc1. The highest BCUT2D eigenvalue weighted by atomic mass is 35.5. The monoisotopic (exact) mass is 460 g/mol. The number of fused-ring (bicyclic) bond motifs is 1. The highest BCUT2D eigenvalue weighted by Crippen LogP contribution is 2.24. The summed E-state index contributed by atoms with van der Waals surface area (Å²) in [5.74, 6) is 0.155. The Kier molecular flexibility index (Phi) is 7.05. The fourth-order valence-electron chi connectivity index (χ4n) is 3.68. The molecule has 0 fully saturated rings. The first kappa shape index (κ1) is 22.6. The average Bonchev–Trinajstić information content (AvgIpc) is 3.14. The predicted molar refractivity (Wildman–Crippen MR) is 131 cm³/mol. The van der Waals surface area contributed by atoms with Crippen LogP contribution in [-0.4, -0.2) is 21.4 Å². The molecule has 4 rings (SSSR count). The number of hydrogen-bond donors (Lipinski definition) is 2. The maximum absolute atomic E-state index is 12.9. The summed E-state index contributed by atoms with van der Waals surface area (Å²) in [5, 5.41) is 6.30. The van der Waals surface area contributed by atoms with Crippen molar-refractivity contribution in [2.45, 2.75) is 32.9 Å². The van der Waals surface area contributed by atoms with E-state index in [-0.39, 0.29) is 11.8 Å². The number of nitrogens with one attached hydrogen (secondary N) is 2. The Bertz CT molecular complexity index is 1270. The first-order chi connectivity index (χ1) is 16.0. The lowest BCUT2D eigenvalue weighted by atomic mass is 10.1. The molecule has 4 aromatic rings. The number of imidazole rings is 1. The quantitative estimate of drug-likeness (QED) is 0.379. The van der Waals surface area contributed by atoms with Crippen molar-refractivity contribution in [1.82, 2.24) is 14.9 Å². The molecule has 0 saturated heterocycles. The minimum atomic E-state index is -0.244. The van der Waals surface area contributed by atoms with Crippen LogP contribution in [0.5, 0.6) is 0 Å². The number of carbonyl (C=O) groups excluding carboxylic acids is 2. The lowest BCUT2D eigenvalue weighted by Gasteiger charge is -2.11. The van der Waals surface area contributed by atoms with Crippen LogP contribution < -0.4 is 10.6 Å². The van der Waals surface area contributed by atoms with E-state index >= 15 is 0 Å². The van der Waals surface area contributed by atoms with Crippen LogP contribution in [0.4, 0.5) is 5.95 Å². The summed E-state index contributed by atoms with van der Waals surface area (Å²) in [6.45, 7) is 2.61. The maximum Gasteiger partial charge on any atom is 0.257 e. The summed E-state index contributed by atoms with van der Waals surface area (Å²) in [7, 11) is 0. The summed E-state index contributed by atoms with van der Waals surface area (Å²) in [6.07, 6.45) is 1.83. The van der Waals surface area contributed by atoms with Crippen molar-refractivity contribution in [2.24, 2.45) is 0 Å². The molecule has 6 nitrogen and oxygen atoms in total. The molecule has 33 heavy (non-hydrogen) atoms. The van der Waals surface area contributed by atoms with Gasteiger partial charge in [-0.3, -0.25) is 14.9 Å². The highest BCUT2D eigenvalue weighted by molar-refractivity contribution is 6.31. The summed E-state index contributed by atoms with van der Waals surface area (Å²) in [6, 6.07) is 23.0. The smallest absolute Gasteiger partial charge is 0.257 e. The molecule has 168 valence electrons. The van der Waals surface area contributed by atoms with Crippen LogP contribution in [0.1, 0.15) is 34.8 Å². The third-order valence-electron chi connectivity index (χ3n) is 5.38. The lowest BCUT2D eigenvalue weighted by Crippen LogP contribution is -2.19. The number of aryl methyl sites for hydroxylation is 2. The van der Waals surface area contributed by atoms with E-state index in [1.54, 1.807) is 18.2 Å². The number of carbonyl (C=O) groups is 2. The lowest BCUT2D eigenvalue weighted by molar-refractivity contribution is -0.119. The molecule has 0 aliphatic carbocycles. The number of halogens is 1. The maximum atomic E-state index is 12.9. The minimum absolute atomic E-state index is 0.0944. The molecule has 0 spiro atoms. The number of amides is 2. The molecule has 0 unspecified atom stereocenters. The van der Waals surface area contributed by atoms with Gasteiger partial charge in [0.05, 0.1) is 11.0 Å². The summed E-state index contributed by atoms with van der Waals surface area (Å²) >= 11 is 6.16. The van der Waals surface area contributed by atoms with Crippen molar-refractivity contribution in [3.63, 3.8) is 0 Å². The Morgan fingerprint density at radius 3 is 2.45 bits per heavy atom. The number of anilines is 1. The van der Waals surface area contributed by atoms with E-state index in [2.05, 4.69) is 27.8 Å². The molecule has 3 aromatic carbocycles. The molecule has 1 aromatic heterocycles. The van der Waals surface area contributed by atoms with Gasteiger partial charge in [0.25, 0.3) is 5.91 Å². The van der Waals surface area contributed by atoms with E-state index in [1.165, 1.54) is 12.5 Å². The first-order valence-corrected chi connectivity index (χ1v) is 11.2. The van der Waals surface area contributed by atoms with Gasteiger partial charge < -0.3 is 9.88 Å². The first-order valence-electron chi connectivity index (χ1n) is 10.8. The van der Waals surface area contributed by atoms with Gasteiger partial charge in [-0.2, -0.15) is 0 Å². The molecule has 0 saturated carbocycles. The fourth-order valence-corrected chi connectivity index (χ4v) is 3.85. The number of rotatable bonds is 8. The van der Waals surface area contributed by atoms with Gasteiger partial charge in [0.2, 0.25) is 11.9 Å². The third kappa shape index (κ3) is 5.79. The Hall–Kier alpha value is -3.64. The van der Waals surface area contributed by atoms with Gasteiger partial charge in [0, 0.05) is 30.6 Å². The van der Waals surface area contributed by atoms with Crippen molar-refractivity contribution in [1.29, 1.82) is 0 Å². The molecular weight excluding hydrogens is 436 g/mol. The van der Waals surface area contributed by atoms with E-state index in [0.29, 0.717) is 29.6 Å². The van der Waals surface area contributed by atoms with E-state index < -0.39 is 0 Å². The van der Waals surface area contributed by atoms with Gasteiger partial charge in [-0.1, -0.05) is 54.1 Å². The van der Waals surface area contributed by atoms with E-state index in [1.807, 2.05) is 47.0 Å². The molecule has 1 heterocycles. The van der Waals surface area contributed by atoms with Gasteiger partial charge in [0.15, 0.2) is 0 Å². The highest BCUT2D eigenvalue weighted by Gasteiger charge is 2.15. The molecule has 2 N–H and O–H groups in total.